The number of hydrogen-bond donors (Lipinski definition) is 2. The average Bonchev–Trinajstić information content (AvgIpc) is 3.04. The molecule has 168 valence electrons. The van der Waals surface area contributed by atoms with Crippen LogP contribution < -0.4 is 10.6 Å². The molecule has 0 aliphatic carbocycles. The molecular formula is C20H33IN6O2S. The van der Waals surface area contributed by atoms with Crippen LogP contribution in [0.1, 0.15) is 29.7 Å². The monoisotopic (exact) mass is 548 g/mol. The van der Waals surface area contributed by atoms with E-state index in [0.717, 1.165) is 23.2 Å². The summed E-state index contributed by atoms with van der Waals surface area (Å²) >= 11 is 0. The first kappa shape index (κ1) is 26.4. The molecule has 2 N–H and O–H groups in total. The minimum absolute atomic E-state index is 0. The van der Waals surface area contributed by atoms with Gasteiger partial charge in [0.1, 0.15) is 0 Å². The Morgan fingerprint density at radius 2 is 2.00 bits per heavy atom. The Bertz CT molecular complexity index is 956. The number of halogens is 1. The van der Waals surface area contributed by atoms with Gasteiger partial charge in [-0.3, -0.25) is 4.68 Å². The molecule has 8 nitrogen and oxygen atoms in total. The molecule has 0 fully saturated rings. The SMILES string of the molecule is CCNC(=NCc1ccc(S(C)(=O)=O)c(C)c1)NCC(c1cnn(C)c1)N(C)C.I. The van der Waals surface area contributed by atoms with Crippen LogP contribution in [-0.2, 0) is 23.4 Å². The highest BCUT2D eigenvalue weighted by Gasteiger charge is 2.16. The number of sulfone groups is 1. The van der Waals surface area contributed by atoms with Gasteiger partial charge >= 0.3 is 0 Å². The number of nitrogens with one attached hydrogen (secondary N) is 2. The van der Waals surface area contributed by atoms with E-state index in [-0.39, 0.29) is 30.0 Å². The first-order valence-electron chi connectivity index (χ1n) is 9.58. The number of nitrogens with zero attached hydrogens (tertiary/aromatic N) is 4. The van der Waals surface area contributed by atoms with Crippen molar-refractivity contribution in [3.8, 4) is 0 Å². The Hall–Kier alpha value is -1.66. The van der Waals surface area contributed by atoms with Crippen LogP contribution in [0.4, 0.5) is 0 Å². The molecular weight excluding hydrogens is 515 g/mol. The molecule has 30 heavy (non-hydrogen) atoms. The van der Waals surface area contributed by atoms with Crippen molar-refractivity contribution in [2.24, 2.45) is 12.0 Å². The van der Waals surface area contributed by atoms with Crippen molar-refractivity contribution in [1.82, 2.24) is 25.3 Å². The molecule has 2 aromatic rings. The van der Waals surface area contributed by atoms with Crippen LogP contribution >= 0.6 is 24.0 Å². The van der Waals surface area contributed by atoms with Gasteiger partial charge < -0.3 is 15.5 Å². The fourth-order valence-corrected chi connectivity index (χ4v) is 4.10. The van der Waals surface area contributed by atoms with E-state index in [4.69, 9.17) is 0 Å². The number of aryl methyl sites for hydroxylation is 2. The zero-order valence-corrected chi connectivity index (χ0v) is 21.7. The maximum absolute atomic E-state index is 11.8. The fourth-order valence-electron chi connectivity index (χ4n) is 3.14. The third-order valence-electron chi connectivity index (χ3n) is 4.60. The molecule has 0 radical (unpaired) electrons. The van der Waals surface area contributed by atoms with Crippen molar-refractivity contribution in [3.05, 3.63) is 47.3 Å². The van der Waals surface area contributed by atoms with Crippen LogP contribution in [0.25, 0.3) is 0 Å². The van der Waals surface area contributed by atoms with E-state index in [9.17, 15) is 8.42 Å². The van der Waals surface area contributed by atoms with Crippen LogP contribution in [0, 0.1) is 6.92 Å². The molecule has 0 saturated heterocycles. The van der Waals surface area contributed by atoms with Crippen molar-refractivity contribution < 1.29 is 8.42 Å². The van der Waals surface area contributed by atoms with Gasteiger partial charge in [-0.2, -0.15) is 5.10 Å². The van der Waals surface area contributed by atoms with Crippen molar-refractivity contribution >= 4 is 39.8 Å². The molecule has 0 amide bonds. The summed E-state index contributed by atoms with van der Waals surface area (Å²) in [7, 11) is 2.77. The molecule has 10 heteroatoms. The van der Waals surface area contributed by atoms with Gasteiger partial charge in [-0.05, 0) is 45.1 Å². The summed E-state index contributed by atoms with van der Waals surface area (Å²) in [5.74, 6) is 0.716. The van der Waals surface area contributed by atoms with Gasteiger partial charge in [0.15, 0.2) is 15.8 Å². The lowest BCUT2D eigenvalue weighted by Gasteiger charge is -2.24. The highest BCUT2D eigenvalue weighted by molar-refractivity contribution is 14.0. The number of benzene rings is 1. The largest absolute Gasteiger partial charge is 0.357 e. The van der Waals surface area contributed by atoms with Gasteiger partial charge in [-0.25, -0.2) is 13.4 Å². The number of guanidine groups is 1. The second-order valence-electron chi connectivity index (χ2n) is 7.37. The van der Waals surface area contributed by atoms with E-state index in [2.05, 4.69) is 25.6 Å². The van der Waals surface area contributed by atoms with E-state index in [0.29, 0.717) is 23.9 Å². The predicted molar refractivity (Wildman–Crippen MR) is 132 cm³/mol. The number of aliphatic imine (C=N–C) groups is 1. The van der Waals surface area contributed by atoms with E-state index in [1.165, 1.54) is 6.26 Å². The van der Waals surface area contributed by atoms with Crippen LogP contribution in [-0.4, -0.2) is 62.5 Å². The summed E-state index contributed by atoms with van der Waals surface area (Å²) in [6, 6.07) is 5.50. The lowest BCUT2D eigenvalue weighted by atomic mass is 10.1. The molecule has 1 aromatic heterocycles. The minimum atomic E-state index is -3.21. The zero-order valence-electron chi connectivity index (χ0n) is 18.5. The molecule has 0 aliphatic heterocycles. The van der Waals surface area contributed by atoms with Crippen LogP contribution in [0.3, 0.4) is 0 Å². The second kappa shape index (κ2) is 11.7. The highest BCUT2D eigenvalue weighted by Crippen LogP contribution is 2.18. The fraction of sp³-hybridized carbons (Fsp3) is 0.500. The van der Waals surface area contributed by atoms with Gasteiger partial charge in [0, 0.05) is 38.2 Å². The van der Waals surface area contributed by atoms with Crippen molar-refractivity contribution in [3.63, 3.8) is 0 Å². The third-order valence-corrected chi connectivity index (χ3v) is 5.86. The standard InChI is InChI=1S/C20H32N6O2S.HI/c1-7-21-20(23-13-18(25(3)4)17-12-24-26(5)14-17)22-11-16-8-9-19(15(2)10-16)29(6,27)28;/h8-10,12,14,18H,7,11,13H2,1-6H3,(H2,21,22,23);1H. The summed E-state index contributed by atoms with van der Waals surface area (Å²) in [6.07, 6.45) is 5.12. The van der Waals surface area contributed by atoms with E-state index in [1.54, 1.807) is 10.7 Å². The number of aromatic nitrogens is 2. The molecule has 1 heterocycles. The Balaban J connectivity index is 0.00000450. The topological polar surface area (TPSA) is 91.6 Å². The highest BCUT2D eigenvalue weighted by atomic mass is 127. The molecule has 0 saturated carbocycles. The van der Waals surface area contributed by atoms with E-state index >= 15 is 0 Å². The minimum Gasteiger partial charge on any atom is -0.357 e. The van der Waals surface area contributed by atoms with Gasteiger partial charge in [-0.1, -0.05) is 12.1 Å². The number of hydrogen-bond acceptors (Lipinski definition) is 5. The lowest BCUT2D eigenvalue weighted by Crippen LogP contribution is -2.41. The lowest BCUT2D eigenvalue weighted by molar-refractivity contribution is 0.298. The van der Waals surface area contributed by atoms with E-state index < -0.39 is 9.84 Å². The van der Waals surface area contributed by atoms with Gasteiger partial charge in [-0.15, -0.1) is 24.0 Å². The summed E-state index contributed by atoms with van der Waals surface area (Å²) in [5, 5.41) is 10.9. The van der Waals surface area contributed by atoms with Crippen LogP contribution in [0.15, 0.2) is 40.5 Å². The Morgan fingerprint density at radius 1 is 1.30 bits per heavy atom. The maximum atomic E-state index is 11.8. The van der Waals surface area contributed by atoms with Crippen LogP contribution in [0.5, 0.6) is 0 Å². The molecule has 1 unspecified atom stereocenters. The summed E-state index contributed by atoms with van der Waals surface area (Å²) in [6.45, 7) is 5.71. The molecule has 1 atom stereocenters. The Morgan fingerprint density at radius 3 is 2.50 bits per heavy atom. The molecule has 1 aromatic carbocycles. The number of likely N-dealkylation sites (N-methyl/N-ethyl adjacent to an activating group) is 1. The van der Waals surface area contributed by atoms with Crippen molar-refractivity contribution in [1.29, 1.82) is 0 Å². The smallest absolute Gasteiger partial charge is 0.191 e. The zero-order chi connectivity index (χ0) is 21.6. The second-order valence-corrected chi connectivity index (χ2v) is 9.36. The number of rotatable bonds is 8. The van der Waals surface area contributed by atoms with Gasteiger partial charge in [0.2, 0.25) is 0 Å². The first-order chi connectivity index (χ1) is 13.6. The predicted octanol–water partition coefficient (Wildman–Crippen LogP) is 2.11. The Kier molecular flexibility index (Phi) is 10.2. The molecule has 0 aliphatic rings. The quantitative estimate of drug-likeness (QED) is 0.299. The molecule has 0 spiro atoms. The summed E-state index contributed by atoms with van der Waals surface area (Å²) in [5.41, 5.74) is 2.83. The van der Waals surface area contributed by atoms with Gasteiger partial charge in [0.25, 0.3) is 0 Å². The molecule has 0 bridgehead atoms. The van der Waals surface area contributed by atoms with Gasteiger partial charge in [0.05, 0.1) is 23.7 Å². The third kappa shape index (κ3) is 7.55. The summed E-state index contributed by atoms with van der Waals surface area (Å²) in [4.78, 5) is 7.15. The normalized spacial score (nSPS) is 13.1. The van der Waals surface area contributed by atoms with E-state index in [1.807, 2.05) is 59.5 Å². The average molecular weight is 548 g/mol. The maximum Gasteiger partial charge on any atom is 0.191 e. The first-order valence-corrected chi connectivity index (χ1v) is 11.5. The summed E-state index contributed by atoms with van der Waals surface area (Å²) < 4.78 is 25.4. The Labute approximate surface area is 197 Å². The van der Waals surface area contributed by atoms with Crippen LogP contribution in [0.2, 0.25) is 0 Å². The van der Waals surface area contributed by atoms with Crippen molar-refractivity contribution in [2.75, 3.05) is 33.4 Å². The van der Waals surface area contributed by atoms with Crippen molar-refractivity contribution in [2.45, 2.75) is 31.3 Å². The molecule has 2 rings (SSSR count).